The Hall–Kier alpha value is -3.42. The van der Waals surface area contributed by atoms with Gasteiger partial charge < -0.3 is 4.90 Å². The van der Waals surface area contributed by atoms with E-state index < -0.39 is 19.7 Å². The Morgan fingerprint density at radius 1 is 0.559 bits per heavy atom. The van der Waals surface area contributed by atoms with Gasteiger partial charge in [0.1, 0.15) is 0 Å². The van der Waals surface area contributed by atoms with Gasteiger partial charge in [0.2, 0.25) is 19.7 Å². The lowest BCUT2D eigenvalue weighted by molar-refractivity contribution is 0.570. The highest BCUT2D eigenvalue weighted by Crippen LogP contribution is 2.52. The maximum absolute atomic E-state index is 13.5. The Kier molecular flexibility index (Phi) is 4.23. The fraction of sp³-hybridized carbons (Fsp3) is 0.111. The van der Waals surface area contributed by atoms with Crippen molar-refractivity contribution >= 4 is 36.7 Å². The van der Waals surface area contributed by atoms with Crippen molar-refractivity contribution in [3.8, 4) is 0 Å². The number of sulfone groups is 2. The maximum Gasteiger partial charge on any atom is 0.209 e. The lowest BCUT2D eigenvalue weighted by atomic mass is 9.73. The molecule has 170 valence electrons. The number of fused-ring (bicyclic) bond motifs is 4. The molecule has 0 bridgehead atoms. The molecule has 7 heteroatoms. The molecule has 4 aromatic rings. The predicted octanol–water partition coefficient (Wildman–Crippen LogP) is 5.77. The van der Waals surface area contributed by atoms with Gasteiger partial charge in [-0.05, 0) is 53.6 Å². The van der Waals surface area contributed by atoms with Crippen molar-refractivity contribution in [3.63, 3.8) is 0 Å². The molecule has 0 atom stereocenters. The Balaban J connectivity index is 1.65. The molecule has 0 saturated carbocycles. The smallest absolute Gasteiger partial charge is 0.209 e. The summed E-state index contributed by atoms with van der Waals surface area (Å²) in [7, 11) is -7.97. The van der Waals surface area contributed by atoms with Crippen LogP contribution >= 0.6 is 0 Å². The van der Waals surface area contributed by atoms with Crippen LogP contribution in [0.3, 0.4) is 0 Å². The van der Waals surface area contributed by atoms with E-state index in [1.54, 1.807) is 12.1 Å². The van der Waals surface area contributed by atoms with E-state index in [0.717, 1.165) is 22.5 Å². The second-order valence-electron chi connectivity index (χ2n) is 9.08. The van der Waals surface area contributed by atoms with E-state index >= 15 is 0 Å². The molecule has 0 spiro atoms. The van der Waals surface area contributed by atoms with E-state index in [9.17, 15) is 16.8 Å². The van der Waals surface area contributed by atoms with Gasteiger partial charge in [0.15, 0.2) is 0 Å². The van der Waals surface area contributed by atoms with Gasteiger partial charge in [0.25, 0.3) is 0 Å². The highest BCUT2D eigenvalue weighted by molar-refractivity contribution is 7.97. The second-order valence-corrected chi connectivity index (χ2v) is 12.9. The third kappa shape index (κ3) is 2.65. The van der Waals surface area contributed by atoms with Gasteiger partial charge in [0, 0.05) is 11.1 Å². The van der Waals surface area contributed by atoms with E-state index in [1.165, 1.54) is 30.3 Å². The summed E-state index contributed by atoms with van der Waals surface area (Å²) in [5.41, 5.74) is 4.41. The van der Waals surface area contributed by atoms with Crippen LogP contribution in [-0.4, -0.2) is 16.8 Å². The van der Waals surface area contributed by atoms with E-state index in [4.69, 9.17) is 0 Å². The first-order chi connectivity index (χ1) is 16.1. The quantitative estimate of drug-likeness (QED) is 0.300. The molecule has 2 aliphatic rings. The molecule has 34 heavy (non-hydrogen) atoms. The first-order valence-electron chi connectivity index (χ1n) is 10.9. The predicted molar refractivity (Wildman–Crippen MR) is 131 cm³/mol. The standard InChI is InChI=1S/C27H21NO4S2/c1-27(2)19-9-3-5-11-21(19)28(22-12-6-4-10-20(22)27)18-15-16-25-26(17-18)34(31,32)24-14-8-7-13-23(24)33(25,29)30/h3-17H,1-2H3. The van der Waals surface area contributed by atoms with Gasteiger partial charge in [-0.2, -0.15) is 0 Å². The van der Waals surface area contributed by atoms with Crippen LogP contribution in [-0.2, 0) is 25.1 Å². The third-order valence-electron chi connectivity index (χ3n) is 6.83. The van der Waals surface area contributed by atoms with E-state index in [2.05, 4.69) is 26.0 Å². The van der Waals surface area contributed by atoms with Crippen LogP contribution in [0.25, 0.3) is 0 Å². The van der Waals surface area contributed by atoms with Gasteiger partial charge in [-0.25, -0.2) is 16.8 Å². The van der Waals surface area contributed by atoms with E-state index in [0.29, 0.717) is 5.69 Å². The summed E-state index contributed by atoms with van der Waals surface area (Å²) in [6.07, 6.45) is 0. The van der Waals surface area contributed by atoms with Gasteiger partial charge in [-0.3, -0.25) is 0 Å². The Labute approximate surface area is 199 Å². The highest BCUT2D eigenvalue weighted by atomic mass is 32.2. The van der Waals surface area contributed by atoms with Crippen LogP contribution in [0.5, 0.6) is 0 Å². The summed E-state index contributed by atoms with van der Waals surface area (Å²) < 4.78 is 53.6. The van der Waals surface area contributed by atoms with Crippen molar-refractivity contribution in [1.29, 1.82) is 0 Å². The highest BCUT2D eigenvalue weighted by Gasteiger charge is 2.41. The lowest BCUT2D eigenvalue weighted by Crippen LogP contribution is -2.30. The second kappa shape index (κ2) is 6.81. The molecule has 0 fully saturated rings. The number of hydrogen-bond acceptors (Lipinski definition) is 5. The van der Waals surface area contributed by atoms with Crippen LogP contribution in [0.15, 0.2) is 111 Å². The van der Waals surface area contributed by atoms with Crippen molar-refractivity contribution in [1.82, 2.24) is 0 Å². The van der Waals surface area contributed by atoms with Crippen molar-refractivity contribution < 1.29 is 16.8 Å². The fourth-order valence-electron chi connectivity index (χ4n) is 5.15. The average molecular weight is 488 g/mol. The summed E-state index contributed by atoms with van der Waals surface area (Å²) in [5.74, 6) is 0. The first-order valence-corrected chi connectivity index (χ1v) is 13.8. The zero-order chi connectivity index (χ0) is 23.9. The molecule has 0 amide bonds. The molecule has 0 unspecified atom stereocenters. The van der Waals surface area contributed by atoms with Crippen molar-refractivity contribution in [2.75, 3.05) is 4.90 Å². The maximum atomic E-state index is 13.5. The summed E-state index contributed by atoms with van der Waals surface area (Å²) in [5, 5.41) is 0. The molecule has 0 aliphatic carbocycles. The van der Waals surface area contributed by atoms with Crippen LogP contribution in [0.1, 0.15) is 25.0 Å². The molecule has 0 N–H and O–H groups in total. The minimum Gasteiger partial charge on any atom is -0.310 e. The van der Waals surface area contributed by atoms with E-state index in [1.807, 2.05) is 41.3 Å². The normalized spacial score (nSPS) is 18.2. The summed E-state index contributed by atoms with van der Waals surface area (Å²) in [6.45, 7) is 4.34. The molecule has 0 aromatic heterocycles. The Morgan fingerprint density at radius 2 is 1.00 bits per heavy atom. The minimum absolute atomic E-state index is 0.175. The SMILES string of the molecule is CC1(C)c2ccccc2N(c2ccc3c(c2)S(=O)(=O)c2ccccc2S3(=O)=O)c2ccccc21. The summed E-state index contributed by atoms with van der Waals surface area (Å²) in [6, 6.07) is 26.4. The van der Waals surface area contributed by atoms with Crippen molar-refractivity contribution in [2.24, 2.45) is 0 Å². The zero-order valence-corrected chi connectivity index (χ0v) is 20.2. The van der Waals surface area contributed by atoms with Gasteiger partial charge in [-0.1, -0.05) is 62.4 Å². The average Bonchev–Trinajstić information content (AvgIpc) is 2.83. The number of para-hydroxylation sites is 2. The van der Waals surface area contributed by atoms with Crippen LogP contribution < -0.4 is 4.90 Å². The van der Waals surface area contributed by atoms with E-state index in [-0.39, 0.29) is 25.0 Å². The molecule has 0 radical (unpaired) electrons. The molecule has 0 saturated heterocycles. The summed E-state index contributed by atoms with van der Waals surface area (Å²) >= 11 is 0. The molecule has 4 aromatic carbocycles. The topological polar surface area (TPSA) is 71.5 Å². The molecule has 5 nitrogen and oxygen atoms in total. The van der Waals surface area contributed by atoms with Crippen LogP contribution in [0, 0.1) is 0 Å². The van der Waals surface area contributed by atoms with Crippen molar-refractivity contribution in [3.05, 3.63) is 102 Å². The van der Waals surface area contributed by atoms with Gasteiger partial charge >= 0.3 is 0 Å². The number of benzene rings is 4. The van der Waals surface area contributed by atoms with Gasteiger partial charge in [-0.15, -0.1) is 0 Å². The monoisotopic (exact) mass is 487 g/mol. The van der Waals surface area contributed by atoms with Crippen LogP contribution in [0.4, 0.5) is 17.1 Å². The zero-order valence-electron chi connectivity index (χ0n) is 18.6. The number of nitrogens with zero attached hydrogens (tertiary/aromatic N) is 1. The minimum atomic E-state index is -4.02. The molecular weight excluding hydrogens is 466 g/mol. The number of anilines is 3. The van der Waals surface area contributed by atoms with Gasteiger partial charge in [0.05, 0.1) is 31.0 Å². The molecule has 6 rings (SSSR count). The van der Waals surface area contributed by atoms with Crippen LogP contribution in [0.2, 0.25) is 0 Å². The Bertz CT molecular complexity index is 1670. The van der Waals surface area contributed by atoms with Crippen molar-refractivity contribution in [2.45, 2.75) is 38.8 Å². The molecule has 2 aliphatic heterocycles. The molecular formula is C27H21NO4S2. The first kappa shape index (κ1) is 21.1. The summed E-state index contributed by atoms with van der Waals surface area (Å²) in [4.78, 5) is 1.28. The fourth-order valence-corrected chi connectivity index (χ4v) is 9.30. The Morgan fingerprint density at radius 3 is 1.56 bits per heavy atom. The third-order valence-corrected chi connectivity index (χ3v) is 10.8. The largest absolute Gasteiger partial charge is 0.310 e. The number of hydrogen-bond donors (Lipinski definition) is 0. The molecule has 2 heterocycles. The lowest BCUT2D eigenvalue weighted by Gasteiger charge is -2.42. The number of rotatable bonds is 1.